The highest BCUT2D eigenvalue weighted by molar-refractivity contribution is 7.47. The molecule has 8 nitrogen and oxygen atoms in total. The van der Waals surface area contributed by atoms with E-state index in [0.717, 1.165) is 37.9 Å². The molecule has 1 fully saturated rings. The molecule has 0 aliphatic carbocycles. The Morgan fingerprint density at radius 3 is 1.95 bits per heavy atom. The number of phosphoric acid groups is 1. The van der Waals surface area contributed by atoms with E-state index in [4.69, 9.17) is 18.5 Å². The Bertz CT molecular complexity index is 728. The number of carbonyl (C=O) groups excluding carboxylic acids is 1. The minimum Gasteiger partial charge on any atom is -0.455 e. The van der Waals surface area contributed by atoms with Crippen molar-refractivity contribution in [3.8, 4) is 0 Å². The molecule has 9 heteroatoms. The van der Waals surface area contributed by atoms with Crippen LogP contribution in [0.5, 0.6) is 0 Å². The van der Waals surface area contributed by atoms with E-state index >= 15 is 0 Å². The number of phosphoric ester groups is 1. The van der Waals surface area contributed by atoms with Crippen LogP contribution >= 0.6 is 7.82 Å². The molecule has 1 aliphatic rings. The molecule has 0 aromatic heterocycles. The zero-order chi connectivity index (χ0) is 28.3. The van der Waals surface area contributed by atoms with E-state index in [1.807, 2.05) is 14.1 Å². The van der Waals surface area contributed by atoms with Crippen molar-refractivity contribution >= 4 is 13.8 Å². The van der Waals surface area contributed by atoms with Crippen molar-refractivity contribution in [1.29, 1.82) is 0 Å². The van der Waals surface area contributed by atoms with Gasteiger partial charge < -0.3 is 14.0 Å². The molecular weight excluding hydrogens is 505 g/mol. The Morgan fingerprint density at radius 1 is 0.947 bits per heavy atom. The van der Waals surface area contributed by atoms with E-state index in [2.05, 4.69) is 6.92 Å². The maximum atomic E-state index is 12.4. The van der Waals surface area contributed by atoms with Gasteiger partial charge in [0, 0.05) is 26.4 Å². The number of hydrogen-bond donors (Lipinski definition) is 1. The van der Waals surface area contributed by atoms with Gasteiger partial charge in [-0.3, -0.25) is 18.7 Å². The van der Waals surface area contributed by atoms with Crippen LogP contribution in [0.3, 0.4) is 0 Å². The van der Waals surface area contributed by atoms with Crippen LogP contribution in [-0.4, -0.2) is 61.4 Å². The van der Waals surface area contributed by atoms with Gasteiger partial charge in [0.15, 0.2) is 11.9 Å². The molecule has 0 amide bonds. The summed E-state index contributed by atoms with van der Waals surface area (Å²) < 4.78 is 34.5. The van der Waals surface area contributed by atoms with Gasteiger partial charge in [-0.15, -0.1) is 0 Å². The number of quaternary nitrogens is 1. The predicted octanol–water partition coefficient (Wildman–Crippen LogP) is 7.65. The average molecular weight is 563 g/mol. The Hall–Kier alpha value is -0.920. The zero-order valence-electron chi connectivity index (χ0n) is 25.0. The first-order chi connectivity index (χ1) is 18.0. The van der Waals surface area contributed by atoms with Gasteiger partial charge in [-0.05, 0) is 13.3 Å². The van der Waals surface area contributed by atoms with Crippen LogP contribution in [0.1, 0.15) is 124 Å². The second-order valence-corrected chi connectivity index (χ2v) is 13.1. The molecule has 0 aromatic rings. The summed E-state index contributed by atoms with van der Waals surface area (Å²) in [5.41, 5.74) is -0.249. The van der Waals surface area contributed by atoms with Crippen molar-refractivity contribution in [2.45, 2.75) is 129 Å². The number of allylic oxidation sites excluding steroid dienone is 1. The summed E-state index contributed by atoms with van der Waals surface area (Å²) in [5.74, 6) is -0.503. The first kappa shape index (κ1) is 35.1. The third-order valence-electron chi connectivity index (χ3n) is 7.22. The average Bonchev–Trinajstić information content (AvgIpc) is 3.19. The summed E-state index contributed by atoms with van der Waals surface area (Å²) in [6.07, 6.45) is 21.3. The van der Waals surface area contributed by atoms with Crippen LogP contribution in [-0.2, 0) is 27.9 Å². The molecule has 1 saturated heterocycles. The van der Waals surface area contributed by atoms with Crippen LogP contribution in [0.4, 0.5) is 0 Å². The lowest BCUT2D eigenvalue weighted by Crippen LogP contribution is -2.41. The third kappa shape index (κ3) is 16.9. The minimum atomic E-state index is -4.35. The largest absolute Gasteiger partial charge is 0.527 e. The van der Waals surface area contributed by atoms with Crippen molar-refractivity contribution in [3.05, 3.63) is 12.0 Å². The number of ether oxygens (including phenoxy) is 2. The zero-order valence-corrected chi connectivity index (χ0v) is 25.9. The molecule has 1 aliphatic heterocycles. The molecule has 224 valence electrons. The third-order valence-corrected chi connectivity index (χ3v) is 8.05. The normalized spacial score (nSPS) is 19.3. The van der Waals surface area contributed by atoms with Gasteiger partial charge in [-0.1, -0.05) is 90.4 Å². The highest BCUT2D eigenvalue weighted by atomic mass is 31.2. The van der Waals surface area contributed by atoms with Crippen LogP contribution in [0.2, 0.25) is 0 Å². The lowest BCUT2D eigenvalue weighted by Gasteiger charge is -2.29. The Labute approximate surface area is 232 Å². The molecule has 1 rings (SSSR count). The topological polar surface area (TPSA) is 91.3 Å². The fourth-order valence-electron chi connectivity index (χ4n) is 4.81. The fourth-order valence-corrected chi connectivity index (χ4v) is 5.57. The molecule has 0 saturated carbocycles. The highest BCUT2D eigenvalue weighted by Gasteiger charge is 2.35. The molecule has 1 N–H and O–H groups in total. The lowest BCUT2D eigenvalue weighted by molar-refractivity contribution is -0.843. The summed E-state index contributed by atoms with van der Waals surface area (Å²) in [6.45, 7) is 6.46. The molecule has 2 atom stereocenters. The highest BCUT2D eigenvalue weighted by Crippen LogP contribution is 2.45. The fraction of sp³-hybridized carbons (Fsp3) is 0.897. The van der Waals surface area contributed by atoms with Gasteiger partial charge in [0.1, 0.15) is 12.3 Å². The Morgan fingerprint density at radius 2 is 1.47 bits per heavy atom. The molecule has 0 spiro atoms. The molecule has 1 heterocycles. The van der Waals surface area contributed by atoms with E-state index < -0.39 is 19.4 Å². The number of esters is 1. The van der Waals surface area contributed by atoms with E-state index in [1.165, 1.54) is 90.2 Å². The number of hydrogen-bond acceptors (Lipinski definition) is 6. The maximum absolute atomic E-state index is 12.4. The summed E-state index contributed by atoms with van der Waals surface area (Å²) in [4.78, 5) is 21.8. The molecule has 2 unspecified atom stereocenters. The summed E-state index contributed by atoms with van der Waals surface area (Å²) in [6, 6.07) is 0. The number of nitrogens with zero attached hydrogens (tertiary/aromatic N) is 1. The van der Waals surface area contributed by atoms with Crippen LogP contribution in [0, 0.1) is 0 Å². The summed E-state index contributed by atoms with van der Waals surface area (Å²) >= 11 is 0. The van der Waals surface area contributed by atoms with Crippen molar-refractivity contribution < 1.29 is 37.3 Å². The van der Waals surface area contributed by atoms with Crippen LogP contribution in [0.25, 0.3) is 0 Å². The number of unbranched alkanes of at least 4 members (excludes halogenated alkanes) is 13. The van der Waals surface area contributed by atoms with Gasteiger partial charge in [-0.2, -0.15) is 0 Å². The second-order valence-electron chi connectivity index (χ2n) is 11.7. The molecule has 0 radical (unpaired) electrons. The molecule has 38 heavy (non-hydrogen) atoms. The first-order valence-electron chi connectivity index (χ1n) is 15.0. The van der Waals surface area contributed by atoms with Crippen molar-refractivity contribution in [1.82, 2.24) is 0 Å². The minimum absolute atomic E-state index is 0.0794. The monoisotopic (exact) mass is 562 g/mol. The van der Waals surface area contributed by atoms with E-state index in [-0.39, 0.29) is 13.2 Å². The SMILES string of the molecule is CCCCCCCCCCCCCCCCOCC(C)(COP(=O)(O)OC=C1CCC[N+]1(C)C)OC(C)=O. The van der Waals surface area contributed by atoms with Gasteiger partial charge in [0.2, 0.25) is 0 Å². The first-order valence-corrected chi connectivity index (χ1v) is 16.4. The van der Waals surface area contributed by atoms with Crippen molar-refractivity contribution in [2.75, 3.05) is 40.5 Å². The van der Waals surface area contributed by atoms with Gasteiger partial charge >= 0.3 is 13.8 Å². The Kier molecular flexibility index (Phi) is 17.7. The van der Waals surface area contributed by atoms with E-state index in [0.29, 0.717) is 11.1 Å². The maximum Gasteiger partial charge on any atom is 0.527 e. The second kappa shape index (κ2) is 19.2. The lowest BCUT2D eigenvalue weighted by atomic mass is 10.0. The standard InChI is InChI=1S/C29H56NO7P/c1-6-7-8-9-10-11-12-13-14-15-16-17-18-19-23-34-25-29(3,37-27(2)31)26-36-38(32,33)35-24-28-21-20-22-30(28,4)5/h24H,6-23,25-26H2,1-5H3/p+1. The van der Waals surface area contributed by atoms with E-state index in [1.54, 1.807) is 6.92 Å². The predicted molar refractivity (Wildman–Crippen MR) is 152 cm³/mol. The number of rotatable bonds is 23. The molecular formula is C29H57NO7P+. The van der Waals surface area contributed by atoms with Crippen LogP contribution < -0.4 is 0 Å². The van der Waals surface area contributed by atoms with Crippen molar-refractivity contribution in [2.24, 2.45) is 0 Å². The Balaban J connectivity index is 2.19. The molecule has 0 bridgehead atoms. The number of carbonyl (C=O) groups is 1. The summed E-state index contributed by atoms with van der Waals surface area (Å²) in [5, 5.41) is 0. The van der Waals surface area contributed by atoms with Crippen molar-refractivity contribution in [3.63, 3.8) is 0 Å². The quantitative estimate of drug-likeness (QED) is 0.0449. The van der Waals surface area contributed by atoms with Gasteiger partial charge in [0.05, 0.1) is 27.2 Å². The number of likely N-dealkylation sites (tertiary alicyclic amines) is 1. The van der Waals surface area contributed by atoms with Gasteiger partial charge in [-0.25, -0.2) is 4.57 Å². The summed E-state index contributed by atoms with van der Waals surface area (Å²) in [7, 11) is -0.298. The molecule has 0 aromatic carbocycles. The van der Waals surface area contributed by atoms with E-state index in [9.17, 15) is 14.3 Å². The van der Waals surface area contributed by atoms with Crippen LogP contribution in [0.15, 0.2) is 12.0 Å². The van der Waals surface area contributed by atoms with Gasteiger partial charge in [0.25, 0.3) is 0 Å². The smallest absolute Gasteiger partial charge is 0.455 e.